The van der Waals surface area contributed by atoms with Crippen LogP contribution in [0.5, 0.6) is 0 Å². The zero-order chi connectivity index (χ0) is 12.8. The van der Waals surface area contributed by atoms with Gasteiger partial charge in [-0.25, -0.2) is 0 Å². The van der Waals surface area contributed by atoms with E-state index >= 15 is 0 Å². The maximum atomic E-state index is 12.9. The molecule has 0 bridgehead atoms. The van der Waals surface area contributed by atoms with E-state index in [4.69, 9.17) is 4.74 Å². The Labute approximate surface area is 97.0 Å². The molecule has 0 spiro atoms. The predicted molar refractivity (Wildman–Crippen MR) is 55.1 cm³/mol. The van der Waals surface area contributed by atoms with E-state index in [2.05, 4.69) is 0 Å². The maximum Gasteiger partial charge on any atom is 0.448 e. The largest absolute Gasteiger partial charge is 0.448 e. The van der Waals surface area contributed by atoms with Crippen LogP contribution in [-0.2, 0) is 10.5 Å². The molecule has 1 aliphatic heterocycles. The first-order valence-corrected chi connectivity index (χ1v) is 5.33. The molecule has 1 aliphatic rings. The molecule has 1 aromatic rings. The van der Waals surface area contributed by atoms with E-state index in [9.17, 15) is 18.3 Å². The Kier molecular flexibility index (Phi) is 2.71. The minimum absolute atomic E-state index is 0.146. The second-order valence-electron chi connectivity index (χ2n) is 4.51. The molecule has 1 heterocycles. The van der Waals surface area contributed by atoms with Crippen molar-refractivity contribution in [1.82, 2.24) is 0 Å². The number of halogens is 3. The highest BCUT2D eigenvalue weighted by Gasteiger charge is 2.62. The van der Waals surface area contributed by atoms with E-state index < -0.39 is 18.1 Å². The zero-order valence-electron chi connectivity index (χ0n) is 9.45. The van der Waals surface area contributed by atoms with Crippen LogP contribution in [-0.4, -0.2) is 11.3 Å². The molecule has 0 radical (unpaired) electrons. The van der Waals surface area contributed by atoms with Gasteiger partial charge in [-0.2, -0.15) is 13.2 Å². The summed E-state index contributed by atoms with van der Waals surface area (Å²) in [5.74, 6) is -3.33. The standard InChI is InChI=1S/C12H13F3O2/c1-7(2)10-8-5-3-4-6-9(8)11(16,17-10)12(13,14)15/h3-7,10,16H,1-2H3. The maximum absolute atomic E-state index is 12.9. The van der Waals surface area contributed by atoms with Gasteiger partial charge in [0.25, 0.3) is 5.79 Å². The average molecular weight is 246 g/mol. The molecule has 1 aromatic carbocycles. The Hall–Kier alpha value is -1.07. The average Bonchev–Trinajstić information content (AvgIpc) is 2.54. The summed E-state index contributed by atoms with van der Waals surface area (Å²) in [5, 5.41) is 9.75. The Bertz CT molecular complexity index is 428. The van der Waals surface area contributed by atoms with Crippen LogP contribution >= 0.6 is 0 Å². The number of alkyl halides is 3. The van der Waals surface area contributed by atoms with E-state index in [1.165, 1.54) is 12.1 Å². The number of hydrogen-bond acceptors (Lipinski definition) is 2. The summed E-state index contributed by atoms with van der Waals surface area (Å²) in [6, 6.07) is 5.91. The van der Waals surface area contributed by atoms with Gasteiger partial charge in [0.2, 0.25) is 0 Å². The Morgan fingerprint density at radius 3 is 2.41 bits per heavy atom. The fourth-order valence-corrected chi connectivity index (χ4v) is 2.08. The Morgan fingerprint density at radius 1 is 1.29 bits per heavy atom. The lowest BCUT2D eigenvalue weighted by Crippen LogP contribution is -2.42. The quantitative estimate of drug-likeness (QED) is 0.825. The molecule has 2 nitrogen and oxygen atoms in total. The first-order valence-electron chi connectivity index (χ1n) is 5.33. The summed E-state index contributed by atoms with van der Waals surface area (Å²) in [6.07, 6.45) is -5.58. The summed E-state index contributed by atoms with van der Waals surface area (Å²) < 4.78 is 43.5. The topological polar surface area (TPSA) is 29.5 Å². The van der Waals surface area contributed by atoms with Crippen LogP contribution in [0.3, 0.4) is 0 Å². The molecular formula is C12H13F3O2. The monoisotopic (exact) mass is 246 g/mol. The smallest absolute Gasteiger partial charge is 0.355 e. The summed E-state index contributed by atoms with van der Waals surface area (Å²) >= 11 is 0. The van der Waals surface area contributed by atoms with Crippen molar-refractivity contribution in [3.8, 4) is 0 Å². The molecular weight excluding hydrogens is 233 g/mol. The first-order chi connectivity index (χ1) is 7.77. The summed E-state index contributed by atoms with van der Waals surface area (Å²) in [5.41, 5.74) is 0.202. The van der Waals surface area contributed by atoms with Crippen molar-refractivity contribution in [3.05, 3.63) is 35.4 Å². The number of fused-ring (bicyclic) bond motifs is 1. The van der Waals surface area contributed by atoms with Crippen LogP contribution in [0.1, 0.15) is 31.1 Å². The lowest BCUT2D eigenvalue weighted by atomic mass is 9.95. The zero-order valence-corrected chi connectivity index (χ0v) is 9.45. The van der Waals surface area contributed by atoms with Gasteiger partial charge >= 0.3 is 6.18 Å². The van der Waals surface area contributed by atoms with Crippen molar-refractivity contribution in [1.29, 1.82) is 0 Å². The number of benzene rings is 1. The fourth-order valence-electron chi connectivity index (χ4n) is 2.08. The molecule has 0 saturated carbocycles. The highest BCUT2D eigenvalue weighted by molar-refractivity contribution is 5.37. The molecule has 1 N–H and O–H groups in total. The molecule has 0 aliphatic carbocycles. The van der Waals surface area contributed by atoms with Gasteiger partial charge < -0.3 is 9.84 Å². The van der Waals surface area contributed by atoms with E-state index in [1.54, 1.807) is 26.0 Å². The van der Waals surface area contributed by atoms with Crippen molar-refractivity contribution in [3.63, 3.8) is 0 Å². The van der Waals surface area contributed by atoms with Crippen LogP contribution < -0.4 is 0 Å². The second kappa shape index (κ2) is 3.71. The van der Waals surface area contributed by atoms with Crippen molar-refractivity contribution < 1.29 is 23.0 Å². The van der Waals surface area contributed by atoms with Crippen molar-refractivity contribution >= 4 is 0 Å². The van der Waals surface area contributed by atoms with Gasteiger partial charge in [0, 0.05) is 5.56 Å². The van der Waals surface area contributed by atoms with Crippen LogP contribution in [0.4, 0.5) is 13.2 Å². The predicted octanol–water partition coefficient (Wildman–Crippen LogP) is 3.12. The Balaban J connectivity index is 2.56. The normalized spacial score (nSPS) is 28.5. The lowest BCUT2D eigenvalue weighted by Gasteiger charge is -2.27. The highest BCUT2D eigenvalue weighted by atomic mass is 19.4. The van der Waals surface area contributed by atoms with E-state index in [1.807, 2.05) is 0 Å². The second-order valence-corrected chi connectivity index (χ2v) is 4.51. The van der Waals surface area contributed by atoms with Crippen LogP contribution in [0.25, 0.3) is 0 Å². The van der Waals surface area contributed by atoms with Gasteiger partial charge in [-0.05, 0) is 11.5 Å². The van der Waals surface area contributed by atoms with Crippen LogP contribution in [0, 0.1) is 5.92 Å². The van der Waals surface area contributed by atoms with Gasteiger partial charge in [0.1, 0.15) is 0 Å². The molecule has 94 valence electrons. The third kappa shape index (κ3) is 1.73. The third-order valence-corrected chi connectivity index (χ3v) is 2.92. The van der Waals surface area contributed by atoms with Crippen molar-refractivity contribution in [2.24, 2.45) is 5.92 Å². The van der Waals surface area contributed by atoms with Gasteiger partial charge in [0.05, 0.1) is 6.10 Å². The van der Waals surface area contributed by atoms with E-state index in [0.717, 1.165) is 0 Å². The van der Waals surface area contributed by atoms with Crippen LogP contribution in [0.15, 0.2) is 24.3 Å². The van der Waals surface area contributed by atoms with Crippen LogP contribution in [0.2, 0.25) is 0 Å². The molecule has 0 aromatic heterocycles. The number of aliphatic hydroxyl groups is 1. The molecule has 0 amide bonds. The fraction of sp³-hybridized carbons (Fsp3) is 0.500. The molecule has 0 saturated heterocycles. The SMILES string of the molecule is CC(C)C1OC(O)(C(F)(F)F)c2ccccc21. The third-order valence-electron chi connectivity index (χ3n) is 2.92. The highest BCUT2D eigenvalue weighted by Crippen LogP contribution is 2.52. The minimum Gasteiger partial charge on any atom is -0.355 e. The lowest BCUT2D eigenvalue weighted by molar-refractivity contribution is -0.380. The summed E-state index contributed by atoms with van der Waals surface area (Å²) in [6.45, 7) is 3.51. The Morgan fingerprint density at radius 2 is 1.88 bits per heavy atom. The molecule has 2 unspecified atom stereocenters. The van der Waals surface area contributed by atoms with Gasteiger partial charge in [-0.15, -0.1) is 0 Å². The molecule has 2 rings (SSSR count). The number of hydrogen-bond donors (Lipinski definition) is 1. The number of ether oxygens (including phenoxy) is 1. The van der Waals surface area contributed by atoms with E-state index in [-0.39, 0.29) is 11.5 Å². The molecule has 17 heavy (non-hydrogen) atoms. The first kappa shape index (κ1) is 12.4. The molecule has 0 fully saturated rings. The summed E-state index contributed by atoms with van der Waals surface area (Å²) in [7, 11) is 0. The van der Waals surface area contributed by atoms with Crippen molar-refractivity contribution in [2.45, 2.75) is 31.9 Å². The van der Waals surface area contributed by atoms with Gasteiger partial charge in [-0.1, -0.05) is 38.1 Å². The molecule has 2 atom stereocenters. The van der Waals surface area contributed by atoms with Gasteiger partial charge in [-0.3, -0.25) is 0 Å². The van der Waals surface area contributed by atoms with Crippen molar-refractivity contribution in [2.75, 3.05) is 0 Å². The molecule has 5 heteroatoms. The van der Waals surface area contributed by atoms with E-state index in [0.29, 0.717) is 5.56 Å². The van der Waals surface area contributed by atoms with Gasteiger partial charge in [0.15, 0.2) is 0 Å². The number of rotatable bonds is 1. The summed E-state index contributed by atoms with van der Waals surface area (Å²) in [4.78, 5) is 0. The minimum atomic E-state index is -4.84.